The van der Waals surface area contributed by atoms with E-state index in [2.05, 4.69) is 33.0 Å². The zero-order valence-corrected chi connectivity index (χ0v) is 11.0. The fourth-order valence-electron chi connectivity index (χ4n) is 1.40. The van der Waals surface area contributed by atoms with Crippen molar-refractivity contribution in [3.05, 3.63) is 35.6 Å². The highest BCUT2D eigenvalue weighted by Crippen LogP contribution is 2.19. The number of hydrogen-bond donors (Lipinski definition) is 2. The number of benzene rings is 1. The number of rotatable bonds is 4. The topological polar surface area (TPSA) is 32.3 Å². The third kappa shape index (κ3) is 4.44. The highest BCUT2D eigenvalue weighted by molar-refractivity contribution is 5.18. The van der Waals surface area contributed by atoms with Crippen molar-refractivity contribution in [1.29, 1.82) is 0 Å². The van der Waals surface area contributed by atoms with Crippen LogP contribution in [0.15, 0.2) is 24.3 Å². The van der Waals surface area contributed by atoms with Crippen LogP contribution in [0, 0.1) is 11.2 Å². The second-order valence-electron chi connectivity index (χ2n) is 5.56. The third-order valence-corrected chi connectivity index (χ3v) is 3.17. The zero-order valence-electron chi connectivity index (χ0n) is 11.0. The molecule has 0 heterocycles. The number of hydrogen-bond acceptors (Lipinski definition) is 2. The maximum Gasteiger partial charge on any atom is 0.123 e. The summed E-state index contributed by atoms with van der Waals surface area (Å²) in [4.78, 5) is 0. The van der Waals surface area contributed by atoms with E-state index in [0.29, 0.717) is 12.6 Å². The first-order valence-electron chi connectivity index (χ1n) is 5.97. The lowest BCUT2D eigenvalue weighted by atomic mass is 9.88. The number of aliphatic hydroxyl groups excluding tert-OH is 1. The first kappa shape index (κ1) is 14.1. The van der Waals surface area contributed by atoms with Gasteiger partial charge >= 0.3 is 0 Å². The molecule has 2 N–H and O–H groups in total. The minimum absolute atomic E-state index is 0.155. The Morgan fingerprint density at radius 2 is 1.76 bits per heavy atom. The summed E-state index contributed by atoms with van der Waals surface area (Å²) in [5.74, 6) is -0.281. The van der Waals surface area contributed by atoms with E-state index in [4.69, 9.17) is 0 Å². The maximum atomic E-state index is 12.7. The lowest BCUT2D eigenvalue weighted by Gasteiger charge is -2.29. The molecule has 0 aliphatic heterocycles. The summed E-state index contributed by atoms with van der Waals surface area (Å²) >= 11 is 0. The van der Waals surface area contributed by atoms with Gasteiger partial charge in [0, 0.05) is 12.6 Å². The van der Waals surface area contributed by atoms with E-state index in [0.717, 1.165) is 5.56 Å². The fraction of sp³-hybridized carbons (Fsp3) is 0.571. The van der Waals surface area contributed by atoms with E-state index in [9.17, 15) is 9.50 Å². The Morgan fingerprint density at radius 1 is 1.24 bits per heavy atom. The summed E-state index contributed by atoms with van der Waals surface area (Å²) in [5.41, 5.74) is 0.891. The van der Waals surface area contributed by atoms with Crippen molar-refractivity contribution in [2.75, 3.05) is 6.54 Å². The van der Waals surface area contributed by atoms with Crippen molar-refractivity contribution in [1.82, 2.24) is 5.32 Å². The average molecular weight is 239 g/mol. The van der Waals surface area contributed by atoms with Gasteiger partial charge in [0.15, 0.2) is 0 Å². The molecule has 0 radical (unpaired) electrons. The second-order valence-corrected chi connectivity index (χ2v) is 5.56. The van der Waals surface area contributed by atoms with Crippen LogP contribution in [0.25, 0.3) is 0 Å². The van der Waals surface area contributed by atoms with E-state index in [-0.39, 0.29) is 11.2 Å². The third-order valence-electron chi connectivity index (χ3n) is 3.17. The maximum absolute atomic E-state index is 12.7. The van der Waals surface area contributed by atoms with E-state index >= 15 is 0 Å². The molecule has 2 nitrogen and oxygen atoms in total. The summed E-state index contributed by atoms with van der Waals surface area (Å²) in [5, 5.41) is 13.2. The molecule has 0 fully saturated rings. The van der Waals surface area contributed by atoms with Crippen LogP contribution in [0.2, 0.25) is 0 Å². The lowest BCUT2D eigenvalue weighted by molar-refractivity contribution is 0.158. The van der Waals surface area contributed by atoms with Crippen molar-refractivity contribution in [3.8, 4) is 0 Å². The highest BCUT2D eigenvalue weighted by atomic mass is 19.1. The molecular formula is C14H22FNO. The SMILES string of the molecule is CC(NCC(O)c1ccc(F)cc1)C(C)(C)C. The fourth-order valence-corrected chi connectivity index (χ4v) is 1.40. The van der Waals surface area contributed by atoms with Gasteiger partial charge in [0.2, 0.25) is 0 Å². The standard InChI is InChI=1S/C14H22FNO/c1-10(14(2,3)4)16-9-13(17)11-5-7-12(15)8-6-11/h5-8,10,13,16-17H,9H2,1-4H3. The molecule has 2 atom stereocenters. The largest absolute Gasteiger partial charge is 0.387 e. The minimum Gasteiger partial charge on any atom is -0.387 e. The molecule has 1 rings (SSSR count). The molecule has 96 valence electrons. The van der Waals surface area contributed by atoms with Crippen LogP contribution in [0.1, 0.15) is 39.4 Å². The van der Waals surface area contributed by atoms with Crippen LogP contribution in [0.4, 0.5) is 4.39 Å². The molecule has 0 aliphatic rings. The predicted octanol–water partition coefficient (Wildman–Crippen LogP) is 2.88. The van der Waals surface area contributed by atoms with Crippen LogP contribution in [-0.2, 0) is 0 Å². The van der Waals surface area contributed by atoms with Gasteiger partial charge < -0.3 is 10.4 Å². The molecule has 0 spiro atoms. The molecule has 0 amide bonds. The molecule has 0 aromatic heterocycles. The van der Waals surface area contributed by atoms with Gasteiger partial charge in [0.25, 0.3) is 0 Å². The van der Waals surface area contributed by atoms with Gasteiger partial charge in [0.1, 0.15) is 5.82 Å². The quantitative estimate of drug-likeness (QED) is 0.846. The summed E-state index contributed by atoms with van der Waals surface area (Å²) in [6, 6.07) is 6.27. The Hall–Kier alpha value is -0.930. The molecule has 1 aromatic carbocycles. The van der Waals surface area contributed by atoms with Gasteiger partial charge in [-0.05, 0) is 30.0 Å². The van der Waals surface area contributed by atoms with Crippen molar-refractivity contribution < 1.29 is 9.50 Å². The summed E-state index contributed by atoms with van der Waals surface area (Å²) in [7, 11) is 0. The first-order chi connectivity index (χ1) is 7.80. The summed E-state index contributed by atoms with van der Waals surface area (Å²) in [6.45, 7) is 9.01. The van der Waals surface area contributed by atoms with Crippen LogP contribution in [0.5, 0.6) is 0 Å². The summed E-state index contributed by atoms with van der Waals surface area (Å²) in [6.07, 6.45) is -0.597. The molecule has 2 unspecified atom stereocenters. The molecule has 0 bridgehead atoms. The normalized spacial score (nSPS) is 15.6. The lowest BCUT2D eigenvalue weighted by Crippen LogP contribution is -2.39. The zero-order chi connectivity index (χ0) is 13.1. The predicted molar refractivity (Wildman–Crippen MR) is 68.3 cm³/mol. The Balaban J connectivity index is 2.50. The second kappa shape index (κ2) is 5.61. The minimum atomic E-state index is -0.597. The first-order valence-corrected chi connectivity index (χ1v) is 5.97. The highest BCUT2D eigenvalue weighted by Gasteiger charge is 2.20. The van der Waals surface area contributed by atoms with Crippen LogP contribution in [0.3, 0.4) is 0 Å². The van der Waals surface area contributed by atoms with Gasteiger partial charge in [-0.25, -0.2) is 4.39 Å². The van der Waals surface area contributed by atoms with E-state index < -0.39 is 6.10 Å². The van der Waals surface area contributed by atoms with E-state index in [1.807, 2.05) is 0 Å². The molecule has 0 saturated carbocycles. The number of aliphatic hydroxyl groups is 1. The Kier molecular flexibility index (Phi) is 4.66. The van der Waals surface area contributed by atoms with Gasteiger partial charge in [-0.15, -0.1) is 0 Å². The monoisotopic (exact) mass is 239 g/mol. The number of halogens is 1. The smallest absolute Gasteiger partial charge is 0.123 e. The average Bonchev–Trinajstić information content (AvgIpc) is 2.25. The molecule has 3 heteroatoms. The number of nitrogens with one attached hydrogen (secondary N) is 1. The van der Waals surface area contributed by atoms with Crippen molar-refractivity contribution in [2.24, 2.45) is 5.41 Å². The molecule has 0 aliphatic carbocycles. The van der Waals surface area contributed by atoms with Gasteiger partial charge in [-0.2, -0.15) is 0 Å². The van der Waals surface area contributed by atoms with Crippen LogP contribution >= 0.6 is 0 Å². The van der Waals surface area contributed by atoms with Gasteiger partial charge in [0.05, 0.1) is 6.10 Å². The van der Waals surface area contributed by atoms with Crippen LogP contribution < -0.4 is 5.32 Å². The van der Waals surface area contributed by atoms with Crippen molar-refractivity contribution in [3.63, 3.8) is 0 Å². The van der Waals surface area contributed by atoms with Gasteiger partial charge in [-0.3, -0.25) is 0 Å². The van der Waals surface area contributed by atoms with Crippen molar-refractivity contribution in [2.45, 2.75) is 39.8 Å². The Morgan fingerprint density at radius 3 is 2.24 bits per heavy atom. The molecule has 0 saturated heterocycles. The Labute approximate surface area is 103 Å². The van der Waals surface area contributed by atoms with E-state index in [1.54, 1.807) is 12.1 Å². The summed E-state index contributed by atoms with van der Waals surface area (Å²) < 4.78 is 12.7. The molecule has 1 aromatic rings. The van der Waals surface area contributed by atoms with Gasteiger partial charge in [-0.1, -0.05) is 32.9 Å². The Bertz CT molecular complexity index is 342. The molecule has 17 heavy (non-hydrogen) atoms. The van der Waals surface area contributed by atoms with Crippen molar-refractivity contribution >= 4 is 0 Å². The van der Waals surface area contributed by atoms with E-state index in [1.165, 1.54) is 12.1 Å². The molecular weight excluding hydrogens is 217 g/mol. The van der Waals surface area contributed by atoms with Crippen LogP contribution in [-0.4, -0.2) is 17.7 Å².